The summed E-state index contributed by atoms with van der Waals surface area (Å²) in [5, 5.41) is 10.1. The Morgan fingerprint density at radius 1 is 1.26 bits per heavy atom. The average Bonchev–Trinajstić information content (AvgIpc) is 2.39. The number of rotatable bonds is 8. The molecule has 1 N–H and O–H groups in total. The van der Waals surface area contributed by atoms with Crippen molar-refractivity contribution in [1.82, 2.24) is 4.90 Å². The lowest BCUT2D eigenvalue weighted by Gasteiger charge is -2.26. The third kappa shape index (κ3) is 6.19. The Kier molecular flexibility index (Phi) is 6.49. The molecule has 0 fully saturated rings. The summed E-state index contributed by atoms with van der Waals surface area (Å²) < 4.78 is 5.81. The van der Waals surface area contributed by atoms with Crippen molar-refractivity contribution in [3.8, 4) is 0 Å². The zero-order valence-corrected chi connectivity index (χ0v) is 12.6. The minimum absolute atomic E-state index is 0.0567. The molecule has 0 bridgehead atoms. The van der Waals surface area contributed by atoms with E-state index in [1.165, 1.54) is 0 Å². The molecule has 0 aliphatic rings. The van der Waals surface area contributed by atoms with Gasteiger partial charge in [-0.15, -0.1) is 0 Å². The predicted octanol–water partition coefficient (Wildman–Crippen LogP) is 2.86. The van der Waals surface area contributed by atoms with Gasteiger partial charge in [0.2, 0.25) is 0 Å². The van der Waals surface area contributed by atoms with E-state index in [1.807, 2.05) is 37.4 Å². The fourth-order valence-electron chi connectivity index (χ4n) is 1.75. The molecule has 1 aromatic rings. The first kappa shape index (κ1) is 16.2. The molecule has 19 heavy (non-hydrogen) atoms. The van der Waals surface area contributed by atoms with Crippen LogP contribution in [0.5, 0.6) is 0 Å². The number of likely N-dealkylation sites (N-methyl/N-ethyl adjacent to an activating group) is 1. The molecule has 0 saturated heterocycles. The standard InChI is InChI=1S/C16H27NO2/c1-5-16(2,3)19-12-11-17(4)13-15(18)14-9-7-6-8-10-14/h6-10,15,18H,5,11-13H2,1-4H3. The molecular weight excluding hydrogens is 238 g/mol. The molecule has 108 valence electrons. The Hall–Kier alpha value is -0.900. The number of ether oxygens (including phenoxy) is 1. The summed E-state index contributed by atoms with van der Waals surface area (Å²) >= 11 is 0. The lowest BCUT2D eigenvalue weighted by Crippen LogP contribution is -2.32. The van der Waals surface area contributed by atoms with Gasteiger partial charge in [0.05, 0.1) is 18.3 Å². The molecular formula is C16H27NO2. The molecule has 1 rings (SSSR count). The third-order valence-electron chi connectivity index (χ3n) is 3.49. The number of hydrogen-bond donors (Lipinski definition) is 1. The van der Waals surface area contributed by atoms with Crippen LogP contribution in [0.15, 0.2) is 30.3 Å². The first-order chi connectivity index (χ1) is 8.94. The van der Waals surface area contributed by atoms with Gasteiger partial charge in [-0.05, 0) is 32.9 Å². The van der Waals surface area contributed by atoms with E-state index in [4.69, 9.17) is 4.74 Å². The Bertz CT molecular complexity index is 351. The zero-order valence-electron chi connectivity index (χ0n) is 12.6. The van der Waals surface area contributed by atoms with Gasteiger partial charge >= 0.3 is 0 Å². The quantitative estimate of drug-likeness (QED) is 0.784. The predicted molar refractivity (Wildman–Crippen MR) is 79.2 cm³/mol. The fraction of sp³-hybridized carbons (Fsp3) is 0.625. The second-order valence-corrected chi connectivity index (χ2v) is 5.65. The van der Waals surface area contributed by atoms with E-state index in [0.29, 0.717) is 13.2 Å². The summed E-state index contributed by atoms with van der Waals surface area (Å²) in [7, 11) is 2.01. The SMILES string of the molecule is CCC(C)(C)OCCN(C)CC(O)c1ccccc1. The molecule has 0 saturated carbocycles. The van der Waals surface area contributed by atoms with Crippen molar-refractivity contribution >= 4 is 0 Å². The zero-order chi connectivity index (χ0) is 14.3. The smallest absolute Gasteiger partial charge is 0.0916 e. The molecule has 0 aliphatic heterocycles. The minimum Gasteiger partial charge on any atom is -0.387 e. The Morgan fingerprint density at radius 3 is 2.47 bits per heavy atom. The van der Waals surface area contributed by atoms with Crippen LogP contribution in [0.2, 0.25) is 0 Å². The first-order valence-corrected chi connectivity index (χ1v) is 7.00. The monoisotopic (exact) mass is 265 g/mol. The fourth-order valence-corrected chi connectivity index (χ4v) is 1.75. The highest BCUT2D eigenvalue weighted by Crippen LogP contribution is 2.14. The topological polar surface area (TPSA) is 32.7 Å². The minimum atomic E-state index is -0.439. The summed E-state index contributed by atoms with van der Waals surface area (Å²) in [6.07, 6.45) is 0.564. The van der Waals surface area contributed by atoms with Crippen LogP contribution in [0.1, 0.15) is 38.9 Å². The van der Waals surface area contributed by atoms with E-state index in [9.17, 15) is 5.11 Å². The van der Waals surface area contributed by atoms with Gasteiger partial charge in [-0.2, -0.15) is 0 Å². The van der Waals surface area contributed by atoms with Gasteiger partial charge in [-0.1, -0.05) is 37.3 Å². The lowest BCUT2D eigenvalue weighted by molar-refractivity contribution is -0.0294. The highest BCUT2D eigenvalue weighted by molar-refractivity contribution is 5.17. The van der Waals surface area contributed by atoms with Crippen molar-refractivity contribution in [3.63, 3.8) is 0 Å². The second kappa shape index (κ2) is 7.63. The molecule has 1 unspecified atom stereocenters. The Labute approximate surface area is 117 Å². The maximum atomic E-state index is 10.1. The van der Waals surface area contributed by atoms with Gasteiger partial charge in [0.15, 0.2) is 0 Å². The highest BCUT2D eigenvalue weighted by Gasteiger charge is 2.16. The van der Waals surface area contributed by atoms with Gasteiger partial charge in [0.1, 0.15) is 0 Å². The maximum Gasteiger partial charge on any atom is 0.0916 e. The molecule has 1 atom stereocenters. The van der Waals surface area contributed by atoms with Crippen LogP contribution in [0.4, 0.5) is 0 Å². The van der Waals surface area contributed by atoms with Crippen molar-refractivity contribution in [2.45, 2.75) is 38.9 Å². The summed E-state index contributed by atoms with van der Waals surface area (Å²) in [6, 6.07) is 9.77. The second-order valence-electron chi connectivity index (χ2n) is 5.65. The number of nitrogens with zero attached hydrogens (tertiary/aromatic N) is 1. The van der Waals surface area contributed by atoms with Gasteiger partial charge in [0, 0.05) is 13.1 Å². The van der Waals surface area contributed by atoms with Gasteiger partial charge in [-0.3, -0.25) is 0 Å². The van der Waals surface area contributed by atoms with Crippen molar-refractivity contribution in [3.05, 3.63) is 35.9 Å². The average molecular weight is 265 g/mol. The van der Waals surface area contributed by atoms with E-state index >= 15 is 0 Å². The van der Waals surface area contributed by atoms with E-state index < -0.39 is 6.10 Å². The summed E-state index contributed by atoms with van der Waals surface area (Å²) in [5.74, 6) is 0. The maximum absolute atomic E-state index is 10.1. The summed E-state index contributed by atoms with van der Waals surface area (Å²) in [6.45, 7) is 8.48. The van der Waals surface area contributed by atoms with Crippen LogP contribution in [-0.2, 0) is 4.74 Å². The van der Waals surface area contributed by atoms with Crippen molar-refractivity contribution in [2.75, 3.05) is 26.7 Å². The van der Waals surface area contributed by atoms with Crippen molar-refractivity contribution < 1.29 is 9.84 Å². The highest BCUT2D eigenvalue weighted by atomic mass is 16.5. The number of benzene rings is 1. The first-order valence-electron chi connectivity index (χ1n) is 7.00. The Balaban J connectivity index is 2.30. The van der Waals surface area contributed by atoms with Crippen molar-refractivity contribution in [1.29, 1.82) is 0 Å². The van der Waals surface area contributed by atoms with Crippen LogP contribution in [0, 0.1) is 0 Å². The van der Waals surface area contributed by atoms with E-state index in [0.717, 1.165) is 18.5 Å². The van der Waals surface area contributed by atoms with Crippen LogP contribution in [0.25, 0.3) is 0 Å². The van der Waals surface area contributed by atoms with Crippen LogP contribution >= 0.6 is 0 Å². The molecule has 3 nitrogen and oxygen atoms in total. The third-order valence-corrected chi connectivity index (χ3v) is 3.49. The molecule has 0 aromatic heterocycles. The number of aliphatic hydroxyl groups excluding tert-OH is 1. The summed E-state index contributed by atoms with van der Waals surface area (Å²) in [5.41, 5.74) is 0.906. The Morgan fingerprint density at radius 2 is 1.89 bits per heavy atom. The van der Waals surface area contributed by atoms with Crippen molar-refractivity contribution in [2.24, 2.45) is 0 Å². The van der Waals surface area contributed by atoms with Gasteiger partial charge < -0.3 is 14.7 Å². The molecule has 0 spiro atoms. The molecule has 0 amide bonds. The van der Waals surface area contributed by atoms with E-state index in [2.05, 4.69) is 25.7 Å². The lowest BCUT2D eigenvalue weighted by atomic mass is 10.1. The normalized spacial score (nSPS) is 13.8. The van der Waals surface area contributed by atoms with Crippen LogP contribution in [0.3, 0.4) is 0 Å². The van der Waals surface area contributed by atoms with Crippen LogP contribution < -0.4 is 0 Å². The van der Waals surface area contributed by atoms with Gasteiger partial charge in [0.25, 0.3) is 0 Å². The molecule has 3 heteroatoms. The molecule has 1 aromatic carbocycles. The molecule has 0 heterocycles. The van der Waals surface area contributed by atoms with E-state index in [-0.39, 0.29) is 5.60 Å². The molecule has 0 radical (unpaired) electrons. The van der Waals surface area contributed by atoms with E-state index in [1.54, 1.807) is 0 Å². The molecule has 0 aliphatic carbocycles. The van der Waals surface area contributed by atoms with Crippen LogP contribution in [-0.4, -0.2) is 42.4 Å². The number of aliphatic hydroxyl groups is 1. The number of hydrogen-bond acceptors (Lipinski definition) is 3. The van der Waals surface area contributed by atoms with Gasteiger partial charge in [-0.25, -0.2) is 0 Å². The summed E-state index contributed by atoms with van der Waals surface area (Å²) in [4.78, 5) is 2.10. The largest absolute Gasteiger partial charge is 0.387 e.